The highest BCUT2D eigenvalue weighted by atomic mass is 19.4. The van der Waals surface area contributed by atoms with Gasteiger partial charge >= 0.3 is 6.18 Å². The molecular weight excluding hydrogens is 285 g/mol. The van der Waals surface area contributed by atoms with Crippen LogP contribution in [0.1, 0.15) is 17.5 Å². The molecule has 0 spiro atoms. The van der Waals surface area contributed by atoms with Crippen molar-refractivity contribution in [2.45, 2.75) is 25.1 Å². The minimum atomic E-state index is -4.43. The van der Waals surface area contributed by atoms with Crippen LogP contribution in [0.15, 0.2) is 24.3 Å². The Morgan fingerprint density at radius 2 is 2.14 bits per heavy atom. The van der Waals surface area contributed by atoms with Crippen LogP contribution in [0.3, 0.4) is 0 Å². The van der Waals surface area contributed by atoms with Gasteiger partial charge in [0.05, 0.1) is 12.0 Å². The van der Waals surface area contributed by atoms with Crippen LogP contribution >= 0.6 is 0 Å². The molecule has 1 aliphatic heterocycles. The Hall–Kier alpha value is -2.05. The molecule has 0 saturated carbocycles. The van der Waals surface area contributed by atoms with Gasteiger partial charge in [-0.15, -0.1) is 0 Å². The molecule has 21 heavy (non-hydrogen) atoms. The summed E-state index contributed by atoms with van der Waals surface area (Å²) in [5, 5.41) is 2.55. The molecule has 2 rings (SSSR count). The van der Waals surface area contributed by atoms with Crippen molar-refractivity contribution in [3.63, 3.8) is 0 Å². The van der Waals surface area contributed by atoms with E-state index in [2.05, 4.69) is 5.32 Å². The van der Waals surface area contributed by atoms with Crippen molar-refractivity contribution in [1.82, 2.24) is 10.2 Å². The van der Waals surface area contributed by atoms with Crippen molar-refractivity contribution >= 4 is 11.8 Å². The van der Waals surface area contributed by atoms with E-state index in [0.717, 1.165) is 12.1 Å². The van der Waals surface area contributed by atoms with Gasteiger partial charge < -0.3 is 10.2 Å². The zero-order valence-corrected chi connectivity index (χ0v) is 11.4. The molecule has 0 bridgehead atoms. The lowest BCUT2D eigenvalue weighted by atomic mass is 10.1. The minimum absolute atomic E-state index is 0.174. The molecule has 1 atom stereocenters. The number of alkyl halides is 3. The molecule has 1 N–H and O–H groups in total. The van der Waals surface area contributed by atoms with E-state index in [1.807, 2.05) is 0 Å². The average Bonchev–Trinajstić information content (AvgIpc) is 2.70. The summed E-state index contributed by atoms with van der Waals surface area (Å²) < 4.78 is 37.7. The number of likely N-dealkylation sites (tertiary alicyclic amines) is 1. The second-order valence-electron chi connectivity index (χ2n) is 5.04. The number of carbonyl (C=O) groups excluding carboxylic acids is 2. The summed E-state index contributed by atoms with van der Waals surface area (Å²) in [6, 6.07) is 4.05. The first-order chi connectivity index (χ1) is 9.77. The lowest BCUT2D eigenvalue weighted by Gasteiger charge is -2.13. The summed E-state index contributed by atoms with van der Waals surface area (Å²) in [7, 11) is 1.64. The Morgan fingerprint density at radius 3 is 2.71 bits per heavy atom. The second-order valence-corrected chi connectivity index (χ2v) is 5.04. The van der Waals surface area contributed by atoms with Crippen LogP contribution < -0.4 is 5.32 Å². The summed E-state index contributed by atoms with van der Waals surface area (Å²) >= 11 is 0. The first kappa shape index (κ1) is 15.3. The molecular formula is C14H15F3N2O2. The fourth-order valence-electron chi connectivity index (χ4n) is 2.24. The van der Waals surface area contributed by atoms with E-state index in [1.165, 1.54) is 17.0 Å². The third-order valence-corrected chi connectivity index (χ3v) is 3.38. The molecule has 2 amide bonds. The number of likely N-dealkylation sites (N-methyl/N-ethyl adjacent to an activating group) is 1. The summed E-state index contributed by atoms with van der Waals surface area (Å²) in [6.45, 7) is 0.563. The van der Waals surface area contributed by atoms with Crippen LogP contribution in [0.5, 0.6) is 0 Å². The number of hydrogen-bond donors (Lipinski definition) is 1. The predicted octanol–water partition coefficient (Wildman–Crippen LogP) is 1.59. The number of rotatable bonds is 3. The van der Waals surface area contributed by atoms with Crippen LogP contribution in [0.25, 0.3) is 0 Å². The van der Waals surface area contributed by atoms with Crippen molar-refractivity contribution < 1.29 is 22.8 Å². The maximum atomic E-state index is 12.6. The molecule has 0 aromatic heterocycles. The highest BCUT2D eigenvalue weighted by Gasteiger charge is 2.31. The van der Waals surface area contributed by atoms with Crippen molar-refractivity contribution in [3.8, 4) is 0 Å². The predicted molar refractivity (Wildman–Crippen MR) is 69.3 cm³/mol. The quantitative estimate of drug-likeness (QED) is 0.921. The largest absolute Gasteiger partial charge is 0.416 e. The molecule has 114 valence electrons. The number of benzene rings is 1. The molecule has 0 unspecified atom stereocenters. The fourth-order valence-corrected chi connectivity index (χ4v) is 2.24. The van der Waals surface area contributed by atoms with Gasteiger partial charge in [-0.2, -0.15) is 13.2 Å². The first-order valence-electron chi connectivity index (χ1n) is 6.48. The van der Waals surface area contributed by atoms with Gasteiger partial charge in [0.15, 0.2) is 0 Å². The Balaban J connectivity index is 1.99. The van der Waals surface area contributed by atoms with Gasteiger partial charge in [-0.3, -0.25) is 9.59 Å². The van der Waals surface area contributed by atoms with Crippen LogP contribution in [-0.2, 0) is 22.2 Å². The number of hydrogen-bond acceptors (Lipinski definition) is 2. The third kappa shape index (κ3) is 3.74. The van der Waals surface area contributed by atoms with Crippen LogP contribution in [0.2, 0.25) is 0 Å². The molecule has 4 nitrogen and oxygen atoms in total. The van der Waals surface area contributed by atoms with Gasteiger partial charge in [-0.1, -0.05) is 18.2 Å². The molecule has 1 aromatic carbocycles. The number of amides is 2. The zero-order valence-electron chi connectivity index (χ0n) is 11.4. The summed E-state index contributed by atoms with van der Waals surface area (Å²) in [5.74, 6) is -0.629. The van der Waals surface area contributed by atoms with Gasteiger partial charge in [0.25, 0.3) is 0 Å². The monoisotopic (exact) mass is 300 g/mol. The van der Waals surface area contributed by atoms with Crippen molar-refractivity contribution in [3.05, 3.63) is 35.4 Å². The first-order valence-corrected chi connectivity index (χ1v) is 6.48. The highest BCUT2D eigenvalue weighted by Crippen LogP contribution is 2.29. The smallest absolute Gasteiger partial charge is 0.344 e. The van der Waals surface area contributed by atoms with Gasteiger partial charge in [0.1, 0.15) is 6.04 Å². The number of carbonyl (C=O) groups is 2. The van der Waals surface area contributed by atoms with Crippen LogP contribution in [0.4, 0.5) is 13.2 Å². The summed E-state index contributed by atoms with van der Waals surface area (Å²) in [5.41, 5.74) is -0.523. The zero-order chi connectivity index (χ0) is 15.6. The Kier molecular flexibility index (Phi) is 4.20. The summed E-state index contributed by atoms with van der Waals surface area (Å²) in [4.78, 5) is 25.0. The number of nitrogens with zero attached hydrogens (tertiary/aromatic N) is 1. The highest BCUT2D eigenvalue weighted by molar-refractivity contribution is 5.89. The lowest BCUT2D eigenvalue weighted by molar-refractivity contribution is -0.137. The van der Waals surface area contributed by atoms with E-state index in [4.69, 9.17) is 0 Å². The van der Waals surface area contributed by atoms with E-state index >= 15 is 0 Å². The standard InChI is InChI=1S/C14H15F3N2O2/c1-19-6-5-11(13(19)21)18-12(20)8-9-3-2-4-10(7-9)14(15,16)17/h2-4,7,11H,5-6,8H2,1H3,(H,18,20)/t11-/m1/s1. The molecule has 0 radical (unpaired) electrons. The van der Waals surface area contributed by atoms with Crippen molar-refractivity contribution in [2.24, 2.45) is 0 Å². The minimum Gasteiger partial charge on any atom is -0.344 e. The van der Waals surface area contributed by atoms with Gasteiger partial charge in [0, 0.05) is 13.6 Å². The molecule has 1 heterocycles. The Bertz CT molecular complexity index is 557. The van der Waals surface area contributed by atoms with E-state index in [9.17, 15) is 22.8 Å². The molecule has 1 saturated heterocycles. The molecule has 7 heteroatoms. The maximum absolute atomic E-state index is 12.6. The SMILES string of the molecule is CN1CC[C@@H](NC(=O)Cc2cccc(C(F)(F)F)c2)C1=O. The topological polar surface area (TPSA) is 49.4 Å². The van der Waals surface area contributed by atoms with Crippen molar-refractivity contribution in [2.75, 3.05) is 13.6 Å². The third-order valence-electron chi connectivity index (χ3n) is 3.38. The van der Waals surface area contributed by atoms with Gasteiger partial charge in [-0.25, -0.2) is 0 Å². The molecule has 0 aliphatic carbocycles. The van der Waals surface area contributed by atoms with Crippen LogP contribution in [-0.4, -0.2) is 36.3 Å². The summed E-state index contributed by atoms with van der Waals surface area (Å²) in [6.07, 6.45) is -4.10. The Morgan fingerprint density at radius 1 is 1.43 bits per heavy atom. The van der Waals surface area contributed by atoms with Gasteiger partial charge in [0.2, 0.25) is 11.8 Å². The van der Waals surface area contributed by atoms with Gasteiger partial charge in [-0.05, 0) is 18.1 Å². The molecule has 1 aliphatic rings. The number of halogens is 3. The van der Waals surface area contributed by atoms with E-state index < -0.39 is 23.7 Å². The molecule has 1 fully saturated rings. The molecule has 1 aromatic rings. The van der Waals surface area contributed by atoms with E-state index in [1.54, 1.807) is 7.05 Å². The maximum Gasteiger partial charge on any atom is 0.416 e. The van der Waals surface area contributed by atoms with Crippen LogP contribution in [0, 0.1) is 0 Å². The second kappa shape index (κ2) is 5.75. The van der Waals surface area contributed by atoms with E-state index in [-0.39, 0.29) is 17.9 Å². The Labute approximate surface area is 119 Å². The van der Waals surface area contributed by atoms with Crippen molar-refractivity contribution in [1.29, 1.82) is 0 Å². The number of nitrogens with one attached hydrogen (secondary N) is 1. The van der Waals surface area contributed by atoms with E-state index in [0.29, 0.717) is 13.0 Å². The fraction of sp³-hybridized carbons (Fsp3) is 0.429. The average molecular weight is 300 g/mol. The normalized spacial score (nSPS) is 19.0. The lowest BCUT2D eigenvalue weighted by Crippen LogP contribution is -2.41.